The van der Waals surface area contributed by atoms with Gasteiger partial charge in [-0.15, -0.1) is 11.3 Å². The molecular formula is C14H18N2OS. The van der Waals surface area contributed by atoms with Crippen molar-refractivity contribution in [1.82, 2.24) is 4.90 Å². The van der Waals surface area contributed by atoms with Gasteiger partial charge < -0.3 is 10.1 Å². The number of morpholine rings is 1. The second-order valence-electron chi connectivity index (χ2n) is 4.55. The number of hydrogen-bond acceptors (Lipinski definition) is 4. The summed E-state index contributed by atoms with van der Waals surface area (Å²) in [5.41, 5.74) is 1.22. The number of benzene rings is 1. The fraction of sp³-hybridized carbons (Fsp3) is 0.429. The third kappa shape index (κ3) is 2.83. The van der Waals surface area contributed by atoms with Crippen LogP contribution in [0.2, 0.25) is 0 Å². The molecule has 1 aromatic carbocycles. The van der Waals surface area contributed by atoms with Crippen LogP contribution in [0.5, 0.6) is 0 Å². The van der Waals surface area contributed by atoms with Gasteiger partial charge in [0.2, 0.25) is 0 Å². The second-order valence-corrected chi connectivity index (χ2v) is 5.50. The maximum Gasteiger partial charge on any atom is 0.0594 e. The molecule has 0 atom stereocenters. The van der Waals surface area contributed by atoms with Crippen LogP contribution in [-0.2, 0) is 4.74 Å². The molecule has 0 unspecified atom stereocenters. The fourth-order valence-electron chi connectivity index (χ4n) is 2.26. The van der Waals surface area contributed by atoms with Crippen molar-refractivity contribution in [2.24, 2.45) is 0 Å². The van der Waals surface area contributed by atoms with E-state index in [0.29, 0.717) is 0 Å². The third-order valence-electron chi connectivity index (χ3n) is 3.31. The Labute approximate surface area is 111 Å². The average Bonchev–Trinajstić information content (AvgIpc) is 2.87. The van der Waals surface area contributed by atoms with E-state index in [2.05, 4.69) is 39.9 Å². The molecule has 1 aliphatic rings. The molecule has 0 spiro atoms. The molecule has 4 heteroatoms. The Morgan fingerprint density at radius 1 is 1.22 bits per heavy atom. The second kappa shape index (κ2) is 5.69. The van der Waals surface area contributed by atoms with Crippen LogP contribution in [0, 0.1) is 0 Å². The predicted molar refractivity (Wildman–Crippen MR) is 77.6 cm³/mol. The van der Waals surface area contributed by atoms with Crippen LogP contribution < -0.4 is 5.32 Å². The molecule has 96 valence electrons. The minimum atomic E-state index is 0.876. The molecule has 3 rings (SSSR count). The predicted octanol–water partition coefficient (Wildman–Crippen LogP) is 2.65. The maximum atomic E-state index is 5.34. The van der Waals surface area contributed by atoms with E-state index in [9.17, 15) is 0 Å². The highest BCUT2D eigenvalue weighted by Gasteiger charge is 2.09. The Kier molecular flexibility index (Phi) is 3.78. The van der Waals surface area contributed by atoms with Crippen molar-refractivity contribution >= 4 is 27.1 Å². The van der Waals surface area contributed by atoms with Gasteiger partial charge in [-0.2, -0.15) is 0 Å². The van der Waals surface area contributed by atoms with Crippen molar-refractivity contribution in [2.45, 2.75) is 0 Å². The number of hydrogen-bond donors (Lipinski definition) is 1. The van der Waals surface area contributed by atoms with Gasteiger partial charge in [-0.25, -0.2) is 0 Å². The number of fused-ring (bicyclic) bond motifs is 1. The normalized spacial score (nSPS) is 17.1. The third-order valence-corrected chi connectivity index (χ3v) is 4.21. The van der Waals surface area contributed by atoms with Crippen LogP contribution in [-0.4, -0.2) is 44.3 Å². The first-order valence-corrected chi connectivity index (χ1v) is 7.31. The molecule has 1 fully saturated rings. The van der Waals surface area contributed by atoms with Crippen molar-refractivity contribution < 1.29 is 4.74 Å². The molecule has 0 bridgehead atoms. The van der Waals surface area contributed by atoms with Crippen LogP contribution >= 0.6 is 11.3 Å². The van der Waals surface area contributed by atoms with Gasteiger partial charge in [-0.05, 0) is 35.0 Å². The number of ether oxygens (including phenoxy) is 1. The summed E-state index contributed by atoms with van der Waals surface area (Å²) in [5.74, 6) is 0. The summed E-state index contributed by atoms with van der Waals surface area (Å²) in [5, 5.41) is 6.97. The summed E-state index contributed by atoms with van der Waals surface area (Å²) in [7, 11) is 0. The monoisotopic (exact) mass is 262 g/mol. The van der Waals surface area contributed by atoms with Crippen molar-refractivity contribution in [2.75, 3.05) is 44.7 Å². The largest absolute Gasteiger partial charge is 0.384 e. The minimum absolute atomic E-state index is 0.876. The van der Waals surface area contributed by atoms with Gasteiger partial charge in [-0.3, -0.25) is 4.90 Å². The summed E-state index contributed by atoms with van der Waals surface area (Å²) < 4.78 is 6.70. The first kappa shape index (κ1) is 12.0. The average molecular weight is 262 g/mol. The molecule has 0 amide bonds. The summed E-state index contributed by atoms with van der Waals surface area (Å²) in [6.45, 7) is 5.96. The van der Waals surface area contributed by atoms with Gasteiger partial charge in [0.25, 0.3) is 0 Å². The highest BCUT2D eigenvalue weighted by atomic mass is 32.1. The Bertz CT molecular complexity index is 505. The smallest absolute Gasteiger partial charge is 0.0594 e. The minimum Gasteiger partial charge on any atom is -0.384 e. The fourth-order valence-corrected chi connectivity index (χ4v) is 3.03. The van der Waals surface area contributed by atoms with Gasteiger partial charge in [0.1, 0.15) is 0 Å². The molecule has 1 aromatic heterocycles. The highest BCUT2D eigenvalue weighted by molar-refractivity contribution is 7.17. The van der Waals surface area contributed by atoms with E-state index in [4.69, 9.17) is 4.74 Å². The van der Waals surface area contributed by atoms with E-state index in [1.807, 2.05) is 0 Å². The summed E-state index contributed by atoms with van der Waals surface area (Å²) in [6, 6.07) is 8.76. The van der Waals surface area contributed by atoms with Gasteiger partial charge in [0.05, 0.1) is 13.2 Å². The standard InChI is InChI=1S/C14H18N2OS/c1-2-14-12(3-10-18-14)11-13(1)15-4-5-16-6-8-17-9-7-16/h1-3,10-11,15H,4-9H2. The summed E-state index contributed by atoms with van der Waals surface area (Å²) in [4.78, 5) is 2.44. The Balaban J connectivity index is 1.52. The zero-order chi connectivity index (χ0) is 12.2. The van der Waals surface area contributed by atoms with Crippen LogP contribution in [0.1, 0.15) is 0 Å². The van der Waals surface area contributed by atoms with E-state index in [0.717, 1.165) is 39.4 Å². The van der Waals surface area contributed by atoms with Crippen molar-refractivity contribution in [3.63, 3.8) is 0 Å². The lowest BCUT2D eigenvalue weighted by Gasteiger charge is -2.26. The van der Waals surface area contributed by atoms with Crippen LogP contribution in [0.15, 0.2) is 29.6 Å². The quantitative estimate of drug-likeness (QED) is 0.916. The van der Waals surface area contributed by atoms with Crippen molar-refractivity contribution in [1.29, 1.82) is 0 Å². The number of anilines is 1. The Hall–Kier alpha value is -1.10. The van der Waals surface area contributed by atoms with E-state index >= 15 is 0 Å². The Morgan fingerprint density at radius 3 is 3.00 bits per heavy atom. The van der Waals surface area contributed by atoms with Crippen LogP contribution in [0.25, 0.3) is 10.1 Å². The summed E-state index contributed by atoms with van der Waals surface area (Å²) >= 11 is 1.79. The molecule has 1 aliphatic heterocycles. The number of nitrogens with zero attached hydrogens (tertiary/aromatic N) is 1. The molecule has 0 saturated carbocycles. The van der Waals surface area contributed by atoms with Gasteiger partial charge in [-0.1, -0.05) is 0 Å². The molecule has 0 radical (unpaired) electrons. The topological polar surface area (TPSA) is 24.5 Å². The number of rotatable bonds is 4. The van der Waals surface area contributed by atoms with E-state index in [1.54, 1.807) is 11.3 Å². The first-order valence-electron chi connectivity index (χ1n) is 6.43. The van der Waals surface area contributed by atoms with Crippen LogP contribution in [0.4, 0.5) is 5.69 Å². The first-order chi connectivity index (χ1) is 8.92. The van der Waals surface area contributed by atoms with E-state index in [-0.39, 0.29) is 0 Å². The van der Waals surface area contributed by atoms with E-state index in [1.165, 1.54) is 15.8 Å². The zero-order valence-corrected chi connectivity index (χ0v) is 11.2. The highest BCUT2D eigenvalue weighted by Crippen LogP contribution is 2.23. The molecule has 0 aliphatic carbocycles. The summed E-state index contributed by atoms with van der Waals surface area (Å²) in [6.07, 6.45) is 0. The Morgan fingerprint density at radius 2 is 2.11 bits per heavy atom. The lowest BCUT2D eigenvalue weighted by atomic mass is 10.2. The molecule has 3 nitrogen and oxygen atoms in total. The van der Waals surface area contributed by atoms with Gasteiger partial charge >= 0.3 is 0 Å². The van der Waals surface area contributed by atoms with Gasteiger partial charge in [0.15, 0.2) is 0 Å². The van der Waals surface area contributed by atoms with Crippen LogP contribution in [0.3, 0.4) is 0 Å². The molecule has 1 saturated heterocycles. The number of nitrogens with one attached hydrogen (secondary N) is 1. The lowest BCUT2D eigenvalue weighted by Crippen LogP contribution is -2.38. The maximum absolute atomic E-state index is 5.34. The zero-order valence-electron chi connectivity index (χ0n) is 10.4. The molecular weight excluding hydrogens is 244 g/mol. The SMILES string of the molecule is c1cc2cc(NCCN3CCOCC3)ccc2s1. The van der Waals surface area contributed by atoms with E-state index < -0.39 is 0 Å². The van der Waals surface area contributed by atoms with Crippen molar-refractivity contribution in [3.8, 4) is 0 Å². The molecule has 18 heavy (non-hydrogen) atoms. The molecule has 2 heterocycles. The van der Waals surface area contributed by atoms with Gasteiger partial charge in [0, 0.05) is 36.6 Å². The van der Waals surface area contributed by atoms with Crippen molar-refractivity contribution in [3.05, 3.63) is 29.6 Å². The molecule has 2 aromatic rings. The lowest BCUT2D eigenvalue weighted by molar-refractivity contribution is 0.0398. The molecule has 1 N–H and O–H groups in total. The number of thiophene rings is 1.